The van der Waals surface area contributed by atoms with Crippen molar-refractivity contribution in [1.29, 1.82) is 0 Å². The summed E-state index contributed by atoms with van der Waals surface area (Å²) in [6.07, 6.45) is 1.18. The minimum Gasteiger partial charge on any atom is -0.507 e. The number of carbonyl (C=O) groups is 1. The molecule has 2 aromatic carbocycles. The SMILES string of the molecule is COc1ccc(/C(O)=C/C(=O)c2cc(C)ccc2NC(=S)S)cc1. The number of aliphatic hydroxyl groups is 1. The topological polar surface area (TPSA) is 58.6 Å². The van der Waals surface area contributed by atoms with Gasteiger partial charge in [-0.25, -0.2) is 0 Å². The van der Waals surface area contributed by atoms with Gasteiger partial charge in [-0.1, -0.05) is 23.8 Å². The Kier molecular flexibility index (Phi) is 6.00. The number of anilines is 1. The summed E-state index contributed by atoms with van der Waals surface area (Å²) in [6.45, 7) is 1.88. The summed E-state index contributed by atoms with van der Waals surface area (Å²) in [4.78, 5) is 12.5. The number of hydrogen-bond acceptors (Lipinski definition) is 4. The van der Waals surface area contributed by atoms with E-state index in [0.717, 1.165) is 5.56 Å². The first-order chi connectivity index (χ1) is 11.4. The summed E-state index contributed by atoms with van der Waals surface area (Å²) in [7, 11) is 1.56. The Bertz CT molecular complexity index is 798. The van der Waals surface area contributed by atoms with Gasteiger partial charge in [-0.3, -0.25) is 4.79 Å². The van der Waals surface area contributed by atoms with Crippen molar-refractivity contribution in [2.45, 2.75) is 6.92 Å². The maximum atomic E-state index is 12.5. The molecule has 0 saturated heterocycles. The second kappa shape index (κ2) is 7.99. The van der Waals surface area contributed by atoms with Crippen LogP contribution in [-0.2, 0) is 0 Å². The lowest BCUT2D eigenvalue weighted by Crippen LogP contribution is -2.08. The van der Waals surface area contributed by atoms with Crippen LogP contribution >= 0.6 is 24.8 Å². The molecule has 0 radical (unpaired) electrons. The Labute approximate surface area is 151 Å². The molecule has 4 nitrogen and oxygen atoms in total. The third-order valence-electron chi connectivity index (χ3n) is 3.34. The molecule has 0 fully saturated rings. The number of ether oxygens (including phenoxy) is 1. The zero-order valence-corrected chi connectivity index (χ0v) is 14.9. The van der Waals surface area contributed by atoms with E-state index in [1.807, 2.05) is 13.0 Å². The number of carbonyl (C=O) groups excluding carboxylic acids is 1. The quantitative estimate of drug-likeness (QED) is 0.243. The summed E-state index contributed by atoms with van der Waals surface area (Å²) in [5.74, 6) is 0.216. The third-order valence-corrected chi connectivity index (χ3v) is 3.55. The molecule has 6 heteroatoms. The van der Waals surface area contributed by atoms with E-state index in [0.29, 0.717) is 22.6 Å². The molecule has 2 N–H and O–H groups in total. The molecule has 2 rings (SSSR count). The molecule has 0 aliphatic carbocycles. The van der Waals surface area contributed by atoms with Crippen LogP contribution in [0.5, 0.6) is 5.75 Å². The van der Waals surface area contributed by atoms with E-state index in [1.54, 1.807) is 43.5 Å². The largest absolute Gasteiger partial charge is 0.507 e. The Morgan fingerprint density at radius 2 is 1.92 bits per heavy atom. The molecule has 0 unspecified atom stereocenters. The molecule has 0 aromatic heterocycles. The van der Waals surface area contributed by atoms with Gasteiger partial charge in [0.15, 0.2) is 5.78 Å². The van der Waals surface area contributed by atoms with Crippen molar-refractivity contribution < 1.29 is 14.6 Å². The highest BCUT2D eigenvalue weighted by Crippen LogP contribution is 2.22. The maximum Gasteiger partial charge on any atom is 0.191 e. The number of hydrogen-bond donors (Lipinski definition) is 3. The molecule has 0 saturated carbocycles. The van der Waals surface area contributed by atoms with Crippen molar-refractivity contribution in [3.63, 3.8) is 0 Å². The lowest BCUT2D eigenvalue weighted by Gasteiger charge is -2.10. The van der Waals surface area contributed by atoms with Crippen molar-refractivity contribution in [2.75, 3.05) is 12.4 Å². The molecule has 2 aromatic rings. The van der Waals surface area contributed by atoms with Gasteiger partial charge in [-0.05, 0) is 43.3 Å². The van der Waals surface area contributed by atoms with Gasteiger partial charge in [-0.2, -0.15) is 0 Å². The number of thiocarbonyl (C=S) groups is 1. The van der Waals surface area contributed by atoms with Gasteiger partial charge in [0.2, 0.25) is 0 Å². The van der Waals surface area contributed by atoms with Crippen molar-refractivity contribution in [2.24, 2.45) is 0 Å². The van der Waals surface area contributed by atoms with Gasteiger partial charge in [0, 0.05) is 17.2 Å². The first-order valence-electron chi connectivity index (χ1n) is 7.10. The zero-order chi connectivity index (χ0) is 17.7. The molecule has 0 aliphatic heterocycles. The van der Waals surface area contributed by atoms with Crippen molar-refractivity contribution in [1.82, 2.24) is 0 Å². The Morgan fingerprint density at radius 3 is 2.50 bits per heavy atom. The van der Waals surface area contributed by atoms with Crippen LogP contribution in [0.2, 0.25) is 0 Å². The zero-order valence-electron chi connectivity index (χ0n) is 13.2. The number of thiol groups is 1. The second-order valence-electron chi connectivity index (χ2n) is 5.10. The van der Waals surface area contributed by atoms with E-state index in [2.05, 4.69) is 17.9 Å². The van der Waals surface area contributed by atoms with Crippen LogP contribution in [0.1, 0.15) is 21.5 Å². The van der Waals surface area contributed by atoms with Crippen molar-refractivity contribution >= 4 is 46.4 Å². The normalized spacial score (nSPS) is 11.0. The molecular weight excluding hydrogens is 342 g/mol. The molecular formula is C18H17NO3S2. The van der Waals surface area contributed by atoms with E-state index in [1.165, 1.54) is 6.08 Å². The Hall–Kier alpha value is -2.31. The van der Waals surface area contributed by atoms with E-state index >= 15 is 0 Å². The van der Waals surface area contributed by atoms with Crippen molar-refractivity contribution in [3.05, 3.63) is 65.2 Å². The minimum atomic E-state index is -0.334. The summed E-state index contributed by atoms with van der Waals surface area (Å²) in [5.41, 5.74) is 2.40. The third kappa shape index (κ3) is 4.59. The monoisotopic (exact) mass is 359 g/mol. The van der Waals surface area contributed by atoms with Crippen LogP contribution in [0.15, 0.2) is 48.5 Å². The van der Waals surface area contributed by atoms with Crippen LogP contribution in [0.4, 0.5) is 5.69 Å². The van der Waals surface area contributed by atoms with Crippen LogP contribution < -0.4 is 10.1 Å². The molecule has 124 valence electrons. The first kappa shape index (κ1) is 18.0. The fourth-order valence-electron chi connectivity index (χ4n) is 2.13. The minimum absolute atomic E-state index is 0.122. The summed E-state index contributed by atoms with van der Waals surface area (Å²) < 4.78 is 5.33. The summed E-state index contributed by atoms with van der Waals surface area (Å²) >= 11 is 8.94. The maximum absolute atomic E-state index is 12.5. The second-order valence-corrected chi connectivity index (χ2v) is 6.26. The highest BCUT2D eigenvalue weighted by atomic mass is 32.1. The number of nitrogens with one attached hydrogen (secondary N) is 1. The lowest BCUT2D eigenvalue weighted by atomic mass is 10.0. The smallest absolute Gasteiger partial charge is 0.191 e. The Balaban J connectivity index is 2.33. The number of allylic oxidation sites excluding steroid dienone is 1. The van der Waals surface area contributed by atoms with E-state index in [-0.39, 0.29) is 15.9 Å². The first-order valence-corrected chi connectivity index (χ1v) is 7.96. The molecule has 0 atom stereocenters. The number of benzene rings is 2. The fraction of sp³-hybridized carbons (Fsp3) is 0.111. The van der Waals surface area contributed by atoms with E-state index in [4.69, 9.17) is 17.0 Å². The van der Waals surface area contributed by atoms with Crippen LogP contribution in [0, 0.1) is 6.92 Å². The number of aliphatic hydroxyl groups excluding tert-OH is 1. The van der Waals surface area contributed by atoms with Crippen LogP contribution in [0.25, 0.3) is 5.76 Å². The average Bonchev–Trinajstić information content (AvgIpc) is 2.56. The highest BCUT2D eigenvalue weighted by molar-refractivity contribution is 8.11. The van der Waals surface area contributed by atoms with Gasteiger partial charge < -0.3 is 15.2 Å². The van der Waals surface area contributed by atoms with Crippen LogP contribution in [0.3, 0.4) is 0 Å². The van der Waals surface area contributed by atoms with Crippen LogP contribution in [-0.4, -0.2) is 22.3 Å². The van der Waals surface area contributed by atoms with Gasteiger partial charge in [0.1, 0.15) is 15.8 Å². The van der Waals surface area contributed by atoms with E-state index in [9.17, 15) is 9.90 Å². The molecule has 0 amide bonds. The molecule has 0 bridgehead atoms. The summed E-state index contributed by atoms with van der Waals surface area (Å²) in [5, 5.41) is 13.1. The number of methoxy groups -OCH3 is 1. The van der Waals surface area contributed by atoms with Gasteiger partial charge >= 0.3 is 0 Å². The number of ketones is 1. The standard InChI is InChI=1S/C18H17NO3S2/c1-11-3-8-15(19-18(23)24)14(9-11)17(21)10-16(20)12-4-6-13(22-2)7-5-12/h3-10,20H,1-2H3,(H2,19,23,24)/b16-10-. The van der Waals surface area contributed by atoms with Gasteiger partial charge in [0.25, 0.3) is 0 Å². The molecule has 0 heterocycles. The lowest BCUT2D eigenvalue weighted by molar-refractivity contribution is 0.104. The number of aryl methyl sites for hydroxylation is 1. The predicted octanol–water partition coefficient (Wildman–Crippen LogP) is 4.41. The molecule has 0 aliphatic rings. The fourth-order valence-corrected chi connectivity index (χ4v) is 2.36. The van der Waals surface area contributed by atoms with E-state index < -0.39 is 0 Å². The summed E-state index contributed by atoms with van der Waals surface area (Å²) in [6, 6.07) is 12.1. The van der Waals surface area contributed by atoms with Gasteiger partial charge in [-0.15, -0.1) is 12.6 Å². The highest BCUT2D eigenvalue weighted by Gasteiger charge is 2.12. The molecule has 24 heavy (non-hydrogen) atoms. The Morgan fingerprint density at radius 1 is 1.25 bits per heavy atom. The predicted molar refractivity (Wildman–Crippen MR) is 104 cm³/mol. The average molecular weight is 359 g/mol. The molecule has 0 spiro atoms. The van der Waals surface area contributed by atoms with Crippen molar-refractivity contribution in [3.8, 4) is 5.75 Å². The number of rotatable bonds is 5. The van der Waals surface area contributed by atoms with Gasteiger partial charge in [0.05, 0.1) is 12.8 Å².